The lowest BCUT2D eigenvalue weighted by atomic mass is 10.2. The molecule has 17 heavy (non-hydrogen) atoms. The zero-order valence-electron chi connectivity index (χ0n) is 9.61. The zero-order chi connectivity index (χ0) is 12.6. The third-order valence-electron chi connectivity index (χ3n) is 2.66. The van der Waals surface area contributed by atoms with E-state index in [1.54, 1.807) is 10.8 Å². The average Bonchev–Trinajstić information content (AvgIpc) is 2.65. The van der Waals surface area contributed by atoms with Gasteiger partial charge in [-0.1, -0.05) is 35.8 Å². The molecule has 0 amide bonds. The Morgan fingerprint density at radius 2 is 2.12 bits per heavy atom. The number of carbonyl (C=O) groups excluding carboxylic acids is 2. The SMILES string of the molecule is CC(C)C(=O)n1cc(C=O)c2ccc(Br)cc21. The van der Waals surface area contributed by atoms with Gasteiger partial charge in [0.25, 0.3) is 0 Å². The Morgan fingerprint density at radius 3 is 2.71 bits per heavy atom. The van der Waals surface area contributed by atoms with Crippen molar-refractivity contribution in [2.75, 3.05) is 0 Å². The van der Waals surface area contributed by atoms with E-state index < -0.39 is 0 Å². The first-order valence-corrected chi connectivity index (χ1v) is 6.14. The molecule has 0 radical (unpaired) electrons. The van der Waals surface area contributed by atoms with Gasteiger partial charge in [0.05, 0.1) is 5.52 Å². The minimum atomic E-state index is -0.107. The van der Waals surface area contributed by atoms with E-state index in [2.05, 4.69) is 15.9 Å². The molecule has 0 atom stereocenters. The molecule has 1 heterocycles. The molecule has 2 aromatic rings. The van der Waals surface area contributed by atoms with E-state index in [4.69, 9.17) is 0 Å². The molecule has 2 rings (SSSR count). The maximum Gasteiger partial charge on any atom is 0.233 e. The van der Waals surface area contributed by atoms with Gasteiger partial charge in [-0.25, -0.2) is 0 Å². The summed E-state index contributed by atoms with van der Waals surface area (Å²) in [5, 5.41) is 0.803. The maximum absolute atomic E-state index is 12.0. The van der Waals surface area contributed by atoms with Crippen LogP contribution in [0.1, 0.15) is 29.0 Å². The van der Waals surface area contributed by atoms with Gasteiger partial charge in [-0.05, 0) is 12.1 Å². The molecule has 0 bridgehead atoms. The van der Waals surface area contributed by atoms with Crippen molar-refractivity contribution in [3.63, 3.8) is 0 Å². The number of hydrogen-bond donors (Lipinski definition) is 0. The summed E-state index contributed by atoms with van der Waals surface area (Å²) in [4.78, 5) is 23.0. The van der Waals surface area contributed by atoms with Gasteiger partial charge in [0.1, 0.15) is 0 Å². The Kier molecular flexibility index (Phi) is 3.15. The van der Waals surface area contributed by atoms with Crippen LogP contribution in [0.25, 0.3) is 10.9 Å². The Balaban J connectivity index is 2.75. The first-order chi connectivity index (χ1) is 8.04. The largest absolute Gasteiger partial charge is 0.298 e. The number of aldehydes is 1. The van der Waals surface area contributed by atoms with Crippen molar-refractivity contribution in [3.8, 4) is 0 Å². The second-order valence-electron chi connectivity index (χ2n) is 4.23. The molecule has 0 aliphatic carbocycles. The van der Waals surface area contributed by atoms with Gasteiger partial charge in [0.15, 0.2) is 6.29 Å². The van der Waals surface area contributed by atoms with E-state index in [0.717, 1.165) is 21.7 Å². The monoisotopic (exact) mass is 293 g/mol. The van der Waals surface area contributed by atoms with Gasteiger partial charge in [-0.3, -0.25) is 14.2 Å². The normalized spacial score (nSPS) is 11.1. The highest BCUT2D eigenvalue weighted by Crippen LogP contribution is 2.24. The Hall–Kier alpha value is -1.42. The summed E-state index contributed by atoms with van der Waals surface area (Å²) >= 11 is 3.37. The molecule has 88 valence electrons. The predicted molar refractivity (Wildman–Crippen MR) is 70.5 cm³/mol. The standard InChI is InChI=1S/C13H12BrNO2/c1-8(2)13(17)15-6-9(7-16)11-4-3-10(14)5-12(11)15/h3-8H,1-2H3. The van der Waals surface area contributed by atoms with E-state index in [1.807, 2.05) is 32.0 Å². The summed E-state index contributed by atoms with van der Waals surface area (Å²) < 4.78 is 2.44. The number of fused-ring (bicyclic) bond motifs is 1. The van der Waals surface area contributed by atoms with Crippen molar-refractivity contribution < 1.29 is 9.59 Å². The molecule has 0 spiro atoms. The topological polar surface area (TPSA) is 39.1 Å². The molecule has 0 fully saturated rings. The van der Waals surface area contributed by atoms with E-state index in [1.165, 1.54) is 0 Å². The molecular weight excluding hydrogens is 282 g/mol. The molecule has 0 unspecified atom stereocenters. The van der Waals surface area contributed by atoms with Gasteiger partial charge in [0.2, 0.25) is 5.91 Å². The molecule has 1 aromatic carbocycles. The van der Waals surface area contributed by atoms with Gasteiger partial charge >= 0.3 is 0 Å². The highest BCUT2D eigenvalue weighted by Gasteiger charge is 2.15. The first kappa shape index (κ1) is 12.0. The second kappa shape index (κ2) is 4.45. The molecule has 0 saturated heterocycles. The minimum absolute atomic E-state index is 0.0128. The number of benzene rings is 1. The van der Waals surface area contributed by atoms with Crippen LogP contribution in [0, 0.1) is 5.92 Å². The molecule has 3 nitrogen and oxygen atoms in total. The van der Waals surface area contributed by atoms with Gasteiger partial charge in [0, 0.05) is 27.5 Å². The minimum Gasteiger partial charge on any atom is -0.298 e. The van der Waals surface area contributed by atoms with Crippen molar-refractivity contribution >= 4 is 39.0 Å². The number of aromatic nitrogens is 1. The highest BCUT2D eigenvalue weighted by molar-refractivity contribution is 9.10. The van der Waals surface area contributed by atoms with Crippen LogP contribution in [0.5, 0.6) is 0 Å². The van der Waals surface area contributed by atoms with Crippen molar-refractivity contribution in [3.05, 3.63) is 34.4 Å². The van der Waals surface area contributed by atoms with E-state index in [9.17, 15) is 9.59 Å². The van der Waals surface area contributed by atoms with E-state index in [-0.39, 0.29) is 11.8 Å². The third kappa shape index (κ3) is 2.05. The average molecular weight is 294 g/mol. The summed E-state index contributed by atoms with van der Waals surface area (Å²) in [6.07, 6.45) is 2.38. The lowest BCUT2D eigenvalue weighted by Crippen LogP contribution is -2.15. The molecule has 1 aromatic heterocycles. The fourth-order valence-corrected chi connectivity index (χ4v) is 2.13. The van der Waals surface area contributed by atoms with E-state index in [0.29, 0.717) is 5.56 Å². The summed E-state index contributed by atoms with van der Waals surface area (Å²) in [6, 6.07) is 5.55. The van der Waals surface area contributed by atoms with Crippen LogP contribution in [0.15, 0.2) is 28.9 Å². The summed E-state index contributed by atoms with van der Waals surface area (Å²) in [5.41, 5.74) is 1.31. The number of hydrogen-bond acceptors (Lipinski definition) is 2. The highest BCUT2D eigenvalue weighted by atomic mass is 79.9. The van der Waals surface area contributed by atoms with Crippen LogP contribution in [0.3, 0.4) is 0 Å². The molecular formula is C13H12BrNO2. The van der Waals surface area contributed by atoms with Crippen molar-refractivity contribution in [2.24, 2.45) is 5.92 Å². The molecule has 0 N–H and O–H groups in total. The van der Waals surface area contributed by atoms with Gasteiger partial charge < -0.3 is 0 Å². The second-order valence-corrected chi connectivity index (χ2v) is 5.14. The molecule has 4 heteroatoms. The number of rotatable bonds is 2. The number of nitrogens with zero attached hydrogens (tertiary/aromatic N) is 1. The Labute approximate surface area is 108 Å². The van der Waals surface area contributed by atoms with E-state index >= 15 is 0 Å². The summed E-state index contributed by atoms with van der Waals surface area (Å²) in [7, 11) is 0. The number of halogens is 1. The Morgan fingerprint density at radius 1 is 1.41 bits per heavy atom. The van der Waals surface area contributed by atoms with Gasteiger partial charge in [-0.2, -0.15) is 0 Å². The lowest BCUT2D eigenvalue weighted by Gasteiger charge is -2.06. The first-order valence-electron chi connectivity index (χ1n) is 5.34. The molecule has 0 aliphatic rings. The fraction of sp³-hybridized carbons (Fsp3) is 0.231. The fourth-order valence-electron chi connectivity index (χ4n) is 1.78. The maximum atomic E-state index is 12.0. The van der Waals surface area contributed by atoms with Crippen LogP contribution >= 0.6 is 15.9 Å². The quantitative estimate of drug-likeness (QED) is 0.795. The molecule has 0 aliphatic heterocycles. The lowest BCUT2D eigenvalue weighted by molar-refractivity contribution is 0.0861. The van der Waals surface area contributed by atoms with Gasteiger partial charge in [-0.15, -0.1) is 0 Å². The van der Waals surface area contributed by atoms with Crippen molar-refractivity contribution in [2.45, 2.75) is 13.8 Å². The smallest absolute Gasteiger partial charge is 0.233 e. The summed E-state index contributed by atoms with van der Waals surface area (Å²) in [6.45, 7) is 3.68. The molecule has 0 saturated carbocycles. The van der Waals surface area contributed by atoms with Crippen LogP contribution in [0.2, 0.25) is 0 Å². The van der Waals surface area contributed by atoms with Crippen LogP contribution in [-0.4, -0.2) is 16.8 Å². The van der Waals surface area contributed by atoms with Crippen molar-refractivity contribution in [1.82, 2.24) is 4.57 Å². The van der Waals surface area contributed by atoms with Crippen LogP contribution in [-0.2, 0) is 0 Å². The van der Waals surface area contributed by atoms with Crippen molar-refractivity contribution in [1.29, 1.82) is 0 Å². The third-order valence-corrected chi connectivity index (χ3v) is 3.15. The zero-order valence-corrected chi connectivity index (χ0v) is 11.2. The predicted octanol–water partition coefficient (Wildman–Crippen LogP) is 3.51. The van der Waals surface area contributed by atoms with Crippen LogP contribution < -0.4 is 0 Å². The van der Waals surface area contributed by atoms with Crippen LogP contribution in [0.4, 0.5) is 0 Å². The summed E-state index contributed by atoms with van der Waals surface area (Å²) in [5.74, 6) is -0.120. The Bertz CT molecular complexity index is 599. The number of carbonyl (C=O) groups is 2.